The smallest absolute Gasteiger partial charge is 0.208 e. The van der Waals surface area contributed by atoms with Crippen LogP contribution in [0.1, 0.15) is 25.7 Å². The molecule has 0 unspecified atom stereocenters. The van der Waals surface area contributed by atoms with Crippen LogP contribution in [0.15, 0.2) is 0 Å². The molecule has 18 heavy (non-hydrogen) atoms. The van der Waals surface area contributed by atoms with Gasteiger partial charge in [-0.05, 0) is 19.9 Å². The highest BCUT2D eigenvalue weighted by Crippen LogP contribution is 2.35. The zero-order chi connectivity index (χ0) is 13.2. The molecule has 0 aromatic heterocycles. The van der Waals surface area contributed by atoms with Gasteiger partial charge >= 0.3 is 0 Å². The molecule has 0 bridgehead atoms. The molecule has 0 aromatic carbocycles. The Labute approximate surface area is 111 Å². The molecule has 1 N–H and O–H groups in total. The number of likely N-dealkylation sites (N-methyl/N-ethyl adjacent to an activating group) is 1. The third-order valence-electron chi connectivity index (χ3n) is 4.37. The number of piperazine rings is 1. The first-order chi connectivity index (χ1) is 8.41. The van der Waals surface area contributed by atoms with Gasteiger partial charge in [-0.15, -0.1) is 0 Å². The first-order valence-corrected chi connectivity index (χ1v) is 8.69. The summed E-state index contributed by atoms with van der Waals surface area (Å²) in [5.74, 6) is 0. The van der Waals surface area contributed by atoms with E-state index in [2.05, 4.69) is 21.6 Å². The normalized spacial score (nSPS) is 26.6. The Kier molecular flexibility index (Phi) is 4.31. The molecule has 5 nitrogen and oxygen atoms in total. The maximum atomic E-state index is 11.3. The van der Waals surface area contributed by atoms with Crippen LogP contribution in [-0.2, 0) is 10.0 Å². The summed E-state index contributed by atoms with van der Waals surface area (Å²) >= 11 is 0. The largest absolute Gasteiger partial charge is 0.304 e. The molecule has 2 aliphatic rings. The average Bonchev–Trinajstić information content (AvgIpc) is 2.76. The fraction of sp³-hybridized carbons (Fsp3) is 1.00. The van der Waals surface area contributed by atoms with Gasteiger partial charge in [-0.3, -0.25) is 4.90 Å². The van der Waals surface area contributed by atoms with Crippen molar-refractivity contribution in [3.8, 4) is 0 Å². The molecule has 1 aliphatic heterocycles. The van der Waals surface area contributed by atoms with E-state index in [4.69, 9.17) is 0 Å². The van der Waals surface area contributed by atoms with Crippen LogP contribution in [0.4, 0.5) is 0 Å². The number of nitrogens with one attached hydrogen (secondary N) is 1. The van der Waals surface area contributed by atoms with Crippen LogP contribution in [0.3, 0.4) is 0 Å². The molecule has 1 saturated carbocycles. The fourth-order valence-corrected chi connectivity index (χ4v) is 3.72. The first kappa shape index (κ1) is 14.2. The van der Waals surface area contributed by atoms with Gasteiger partial charge in [-0.1, -0.05) is 12.8 Å². The van der Waals surface area contributed by atoms with Gasteiger partial charge in [-0.25, -0.2) is 13.1 Å². The van der Waals surface area contributed by atoms with Gasteiger partial charge in [0.15, 0.2) is 0 Å². The predicted molar refractivity (Wildman–Crippen MR) is 73.1 cm³/mol. The highest BCUT2D eigenvalue weighted by Gasteiger charge is 2.40. The minimum Gasteiger partial charge on any atom is -0.304 e. The Balaban J connectivity index is 2.02. The SMILES string of the molecule is CN1CCN(C2(CNS(C)(=O)=O)CCCC2)CC1. The lowest BCUT2D eigenvalue weighted by atomic mass is 9.94. The number of hydrogen-bond donors (Lipinski definition) is 1. The quantitative estimate of drug-likeness (QED) is 0.790. The van der Waals surface area contributed by atoms with Crippen molar-refractivity contribution in [2.75, 3.05) is 46.0 Å². The predicted octanol–water partition coefficient (Wildman–Crippen LogP) is 0.0958. The summed E-state index contributed by atoms with van der Waals surface area (Å²) in [6.45, 7) is 4.86. The van der Waals surface area contributed by atoms with Gasteiger partial charge < -0.3 is 4.90 Å². The molecule has 1 saturated heterocycles. The van der Waals surface area contributed by atoms with Crippen LogP contribution in [0.5, 0.6) is 0 Å². The van der Waals surface area contributed by atoms with Crippen molar-refractivity contribution in [2.24, 2.45) is 0 Å². The van der Waals surface area contributed by atoms with E-state index < -0.39 is 10.0 Å². The van der Waals surface area contributed by atoms with Crippen LogP contribution in [0, 0.1) is 0 Å². The summed E-state index contributed by atoms with van der Waals surface area (Å²) in [6, 6.07) is 0. The van der Waals surface area contributed by atoms with E-state index >= 15 is 0 Å². The molecular formula is C12H25N3O2S. The highest BCUT2D eigenvalue weighted by molar-refractivity contribution is 7.88. The summed E-state index contributed by atoms with van der Waals surface area (Å²) in [6.07, 6.45) is 5.94. The van der Waals surface area contributed by atoms with Gasteiger partial charge in [0.05, 0.1) is 6.26 Å². The van der Waals surface area contributed by atoms with Crippen molar-refractivity contribution in [1.29, 1.82) is 0 Å². The summed E-state index contributed by atoms with van der Waals surface area (Å²) < 4.78 is 25.4. The second-order valence-corrected chi connectivity index (χ2v) is 7.65. The Bertz CT molecular complexity index is 369. The van der Waals surface area contributed by atoms with E-state index in [0.717, 1.165) is 39.0 Å². The van der Waals surface area contributed by atoms with Crippen LogP contribution in [0.25, 0.3) is 0 Å². The summed E-state index contributed by atoms with van der Waals surface area (Å²) in [7, 11) is -0.940. The van der Waals surface area contributed by atoms with Crippen molar-refractivity contribution in [3.05, 3.63) is 0 Å². The summed E-state index contributed by atoms with van der Waals surface area (Å²) in [4.78, 5) is 4.85. The number of rotatable bonds is 4. The van der Waals surface area contributed by atoms with E-state index in [-0.39, 0.29) is 5.54 Å². The van der Waals surface area contributed by atoms with Crippen LogP contribution < -0.4 is 4.72 Å². The molecule has 0 spiro atoms. The standard InChI is InChI=1S/C12H25N3O2S/c1-14-7-9-15(10-8-14)12(5-3-4-6-12)11-13-18(2,16)17/h13H,3-11H2,1-2H3. The number of sulfonamides is 1. The zero-order valence-corrected chi connectivity index (χ0v) is 12.3. The van der Waals surface area contributed by atoms with Gasteiger partial charge in [0.1, 0.15) is 0 Å². The molecule has 0 radical (unpaired) electrons. The maximum Gasteiger partial charge on any atom is 0.208 e. The Morgan fingerprint density at radius 2 is 1.67 bits per heavy atom. The zero-order valence-electron chi connectivity index (χ0n) is 11.5. The fourth-order valence-electron chi connectivity index (χ4n) is 3.18. The molecule has 106 valence electrons. The lowest BCUT2D eigenvalue weighted by molar-refractivity contribution is 0.0461. The van der Waals surface area contributed by atoms with Crippen molar-refractivity contribution >= 4 is 10.0 Å². The van der Waals surface area contributed by atoms with Gasteiger partial charge in [0.2, 0.25) is 10.0 Å². The van der Waals surface area contributed by atoms with Gasteiger partial charge in [0.25, 0.3) is 0 Å². The van der Waals surface area contributed by atoms with Crippen LogP contribution in [-0.4, -0.2) is 69.8 Å². The topological polar surface area (TPSA) is 52.6 Å². The van der Waals surface area contributed by atoms with Crippen molar-refractivity contribution in [3.63, 3.8) is 0 Å². The third-order valence-corrected chi connectivity index (χ3v) is 5.04. The third kappa shape index (κ3) is 3.44. The molecule has 1 heterocycles. The number of hydrogen-bond acceptors (Lipinski definition) is 4. The van der Waals surface area contributed by atoms with Crippen molar-refractivity contribution in [2.45, 2.75) is 31.2 Å². The van der Waals surface area contributed by atoms with E-state index in [1.165, 1.54) is 19.1 Å². The van der Waals surface area contributed by atoms with Crippen LogP contribution in [0.2, 0.25) is 0 Å². The molecule has 6 heteroatoms. The highest BCUT2D eigenvalue weighted by atomic mass is 32.2. The summed E-state index contributed by atoms with van der Waals surface area (Å²) in [5.41, 5.74) is 0.0738. The van der Waals surface area contributed by atoms with E-state index in [1.54, 1.807) is 0 Å². The Hall–Kier alpha value is -0.170. The minimum absolute atomic E-state index is 0.0738. The molecule has 2 rings (SSSR count). The van der Waals surface area contributed by atoms with Crippen molar-refractivity contribution in [1.82, 2.24) is 14.5 Å². The van der Waals surface area contributed by atoms with Gasteiger partial charge in [-0.2, -0.15) is 0 Å². The molecule has 0 atom stereocenters. The minimum atomic E-state index is -3.09. The van der Waals surface area contributed by atoms with Crippen LogP contribution >= 0.6 is 0 Å². The van der Waals surface area contributed by atoms with Gasteiger partial charge in [0, 0.05) is 38.3 Å². The van der Waals surface area contributed by atoms with Crippen molar-refractivity contribution < 1.29 is 8.42 Å². The second-order valence-electron chi connectivity index (χ2n) is 5.82. The Morgan fingerprint density at radius 1 is 1.11 bits per heavy atom. The number of nitrogens with zero attached hydrogens (tertiary/aromatic N) is 2. The molecule has 0 aromatic rings. The second kappa shape index (κ2) is 5.45. The maximum absolute atomic E-state index is 11.3. The molecule has 2 fully saturated rings. The van der Waals surface area contributed by atoms with E-state index in [9.17, 15) is 8.42 Å². The lowest BCUT2D eigenvalue weighted by Gasteiger charge is -2.45. The Morgan fingerprint density at radius 3 is 2.17 bits per heavy atom. The first-order valence-electron chi connectivity index (χ1n) is 6.80. The molecule has 1 aliphatic carbocycles. The average molecular weight is 275 g/mol. The van der Waals surface area contributed by atoms with E-state index in [0.29, 0.717) is 6.54 Å². The molecule has 0 amide bonds. The molecular weight excluding hydrogens is 250 g/mol. The monoisotopic (exact) mass is 275 g/mol. The lowest BCUT2D eigenvalue weighted by Crippen LogP contribution is -2.59. The van der Waals surface area contributed by atoms with E-state index in [1.807, 2.05) is 0 Å². The summed E-state index contributed by atoms with van der Waals surface area (Å²) in [5, 5.41) is 0.